The van der Waals surface area contributed by atoms with Crippen molar-refractivity contribution in [2.45, 2.75) is 43.1 Å². The number of hydrogen-bond acceptors (Lipinski definition) is 3. The zero-order valence-corrected chi connectivity index (χ0v) is 13.3. The molecule has 1 aromatic rings. The Bertz CT molecular complexity index is 725. The van der Waals surface area contributed by atoms with Crippen LogP contribution in [-0.2, 0) is 22.3 Å². The first-order valence-corrected chi connectivity index (χ1v) is 8.07. The van der Waals surface area contributed by atoms with Crippen molar-refractivity contribution in [1.82, 2.24) is 9.80 Å². The van der Waals surface area contributed by atoms with E-state index < -0.39 is 17.3 Å². The maximum Gasteiger partial charge on any atom is 0.416 e. The Morgan fingerprint density at radius 2 is 1.60 bits per heavy atom. The maximum absolute atomic E-state index is 12.6. The van der Waals surface area contributed by atoms with Gasteiger partial charge in [-0.15, -0.1) is 0 Å². The first-order valence-electron chi connectivity index (χ1n) is 8.07. The third kappa shape index (κ3) is 2.59. The zero-order valence-electron chi connectivity index (χ0n) is 13.3. The number of alkyl halides is 3. The van der Waals surface area contributed by atoms with Crippen molar-refractivity contribution in [2.75, 3.05) is 13.1 Å². The van der Waals surface area contributed by atoms with Crippen LogP contribution in [0.25, 0.3) is 0 Å². The summed E-state index contributed by atoms with van der Waals surface area (Å²) in [4.78, 5) is 27.7. The highest BCUT2D eigenvalue weighted by Gasteiger charge is 2.71. The largest absolute Gasteiger partial charge is 0.416 e. The van der Waals surface area contributed by atoms with Gasteiger partial charge in [-0.2, -0.15) is 13.2 Å². The van der Waals surface area contributed by atoms with Gasteiger partial charge in [0, 0.05) is 6.54 Å². The summed E-state index contributed by atoms with van der Waals surface area (Å²) in [6.07, 6.45) is -2.82. The lowest BCUT2D eigenvalue weighted by molar-refractivity contribution is -0.264. The molecule has 0 unspecified atom stereocenters. The van der Waals surface area contributed by atoms with Crippen LogP contribution in [0.2, 0.25) is 0 Å². The van der Waals surface area contributed by atoms with Crippen molar-refractivity contribution in [1.29, 1.82) is 0 Å². The van der Waals surface area contributed by atoms with Gasteiger partial charge in [-0.25, -0.2) is 0 Å². The molecule has 3 saturated carbocycles. The van der Waals surface area contributed by atoms with Gasteiger partial charge in [0.05, 0.1) is 16.7 Å². The zero-order chi connectivity index (χ0) is 18.0. The van der Waals surface area contributed by atoms with E-state index in [2.05, 4.69) is 0 Å². The van der Waals surface area contributed by atoms with Crippen LogP contribution in [0.15, 0.2) is 24.3 Å². The van der Waals surface area contributed by atoms with Crippen LogP contribution >= 0.6 is 0 Å². The molecule has 3 aliphatic carbocycles. The molecule has 1 saturated heterocycles. The summed E-state index contributed by atoms with van der Waals surface area (Å²) in [7, 11) is 0. The van der Waals surface area contributed by atoms with E-state index >= 15 is 0 Å². The third-order valence-electron chi connectivity index (χ3n) is 5.47. The number of halogens is 3. The number of hydrogen-bond donors (Lipinski definition) is 1. The second kappa shape index (κ2) is 4.97. The topological polar surface area (TPSA) is 60.9 Å². The summed E-state index contributed by atoms with van der Waals surface area (Å²) < 4.78 is 37.8. The van der Waals surface area contributed by atoms with Crippen LogP contribution < -0.4 is 0 Å². The molecule has 0 radical (unpaired) electrons. The number of nitrogens with zero attached hydrogens (tertiary/aromatic N) is 2. The van der Waals surface area contributed by atoms with Crippen molar-refractivity contribution in [3.8, 4) is 0 Å². The van der Waals surface area contributed by atoms with E-state index in [-0.39, 0.29) is 37.0 Å². The standard InChI is InChI=1S/C17H17F3N2O3/c18-17(19,20)12-3-1-11(2-4-12)5-21-6-14(24)22(7-13(21)23)15-8-16(25,9-15)10-15/h1-4,25H,5-10H2. The van der Waals surface area contributed by atoms with Crippen LogP contribution in [0, 0.1) is 0 Å². The first kappa shape index (κ1) is 16.4. The molecule has 0 atom stereocenters. The predicted molar refractivity (Wildman–Crippen MR) is 80.1 cm³/mol. The molecule has 1 aromatic carbocycles. The van der Waals surface area contributed by atoms with Gasteiger partial charge in [0.15, 0.2) is 0 Å². The molecule has 0 spiro atoms. The van der Waals surface area contributed by atoms with Crippen LogP contribution in [0.3, 0.4) is 0 Å². The summed E-state index contributed by atoms with van der Waals surface area (Å²) in [5.41, 5.74) is -1.21. The maximum atomic E-state index is 12.6. The van der Waals surface area contributed by atoms with Crippen molar-refractivity contribution < 1.29 is 27.9 Å². The van der Waals surface area contributed by atoms with Gasteiger partial charge in [0.2, 0.25) is 11.8 Å². The lowest BCUT2D eigenvalue weighted by Gasteiger charge is -2.71. The summed E-state index contributed by atoms with van der Waals surface area (Å²) in [5, 5.41) is 9.84. The molecular formula is C17H17F3N2O3. The molecule has 2 bridgehead atoms. The van der Waals surface area contributed by atoms with E-state index in [1.165, 1.54) is 17.0 Å². The van der Waals surface area contributed by atoms with E-state index in [1.807, 2.05) is 0 Å². The van der Waals surface area contributed by atoms with E-state index in [0.29, 0.717) is 24.8 Å². The number of aliphatic hydroxyl groups is 1. The molecule has 25 heavy (non-hydrogen) atoms. The molecule has 5 nitrogen and oxygen atoms in total. The number of benzene rings is 1. The number of piperazine rings is 1. The quantitative estimate of drug-likeness (QED) is 0.896. The summed E-state index contributed by atoms with van der Waals surface area (Å²) in [6, 6.07) is 4.59. The molecule has 1 N–H and O–H groups in total. The normalized spacial score (nSPS) is 31.7. The Hall–Kier alpha value is -2.09. The van der Waals surface area contributed by atoms with Crippen molar-refractivity contribution in [2.24, 2.45) is 0 Å². The Kier molecular flexibility index (Phi) is 3.26. The fourth-order valence-electron chi connectivity index (χ4n) is 4.22. The Morgan fingerprint density at radius 3 is 2.12 bits per heavy atom. The second-order valence-corrected chi connectivity index (χ2v) is 7.40. The minimum Gasteiger partial charge on any atom is -0.390 e. The highest BCUT2D eigenvalue weighted by atomic mass is 19.4. The second-order valence-electron chi connectivity index (χ2n) is 7.40. The number of rotatable bonds is 3. The van der Waals surface area contributed by atoms with Crippen LogP contribution in [-0.4, -0.2) is 51.0 Å². The lowest BCUT2D eigenvalue weighted by atomic mass is 9.45. The lowest BCUT2D eigenvalue weighted by Crippen LogP contribution is -2.81. The average molecular weight is 354 g/mol. The fourth-order valence-corrected chi connectivity index (χ4v) is 4.22. The first-order chi connectivity index (χ1) is 11.6. The number of amides is 2. The molecule has 134 valence electrons. The van der Waals surface area contributed by atoms with Gasteiger partial charge in [-0.1, -0.05) is 12.1 Å². The van der Waals surface area contributed by atoms with Crippen LogP contribution in [0.1, 0.15) is 30.4 Å². The monoisotopic (exact) mass is 354 g/mol. The predicted octanol–water partition coefficient (Wildman–Crippen LogP) is 1.54. The van der Waals surface area contributed by atoms with E-state index in [4.69, 9.17) is 0 Å². The van der Waals surface area contributed by atoms with Crippen LogP contribution in [0.5, 0.6) is 0 Å². The summed E-state index contributed by atoms with van der Waals surface area (Å²) in [6.45, 7) is -0.0108. The van der Waals surface area contributed by atoms with Crippen molar-refractivity contribution in [3.05, 3.63) is 35.4 Å². The van der Waals surface area contributed by atoms with Crippen LogP contribution in [0.4, 0.5) is 13.2 Å². The Morgan fingerprint density at radius 1 is 1.00 bits per heavy atom. The summed E-state index contributed by atoms with van der Waals surface area (Å²) in [5.74, 6) is -0.399. The Labute approximate surface area is 142 Å². The van der Waals surface area contributed by atoms with E-state index in [0.717, 1.165) is 12.1 Å². The molecular weight excluding hydrogens is 337 g/mol. The minimum atomic E-state index is -4.40. The van der Waals surface area contributed by atoms with E-state index in [9.17, 15) is 27.9 Å². The number of carbonyl (C=O) groups excluding carboxylic acids is 2. The molecule has 4 aliphatic rings. The molecule has 0 aromatic heterocycles. The van der Waals surface area contributed by atoms with Gasteiger partial charge in [-0.3, -0.25) is 9.59 Å². The van der Waals surface area contributed by atoms with E-state index in [1.54, 1.807) is 4.90 Å². The SMILES string of the molecule is O=C1CN(C23CC(O)(C2)C3)C(=O)CN1Cc1ccc(C(F)(F)F)cc1. The van der Waals surface area contributed by atoms with Gasteiger partial charge in [-0.05, 0) is 37.0 Å². The highest BCUT2D eigenvalue weighted by Crippen LogP contribution is 2.63. The molecule has 2 amide bonds. The fraction of sp³-hybridized carbons (Fsp3) is 0.529. The highest BCUT2D eigenvalue weighted by molar-refractivity contribution is 5.93. The minimum absolute atomic E-state index is 0.0322. The van der Waals surface area contributed by atoms with Gasteiger partial charge < -0.3 is 14.9 Å². The molecule has 8 heteroatoms. The Balaban J connectivity index is 1.41. The molecule has 1 heterocycles. The molecule has 1 aliphatic heterocycles. The van der Waals surface area contributed by atoms with Crippen molar-refractivity contribution >= 4 is 11.8 Å². The van der Waals surface area contributed by atoms with Gasteiger partial charge >= 0.3 is 6.18 Å². The smallest absolute Gasteiger partial charge is 0.390 e. The third-order valence-corrected chi connectivity index (χ3v) is 5.47. The van der Waals surface area contributed by atoms with Gasteiger partial charge in [0.1, 0.15) is 13.1 Å². The molecule has 5 rings (SSSR count). The molecule has 4 fully saturated rings. The van der Waals surface area contributed by atoms with Crippen molar-refractivity contribution in [3.63, 3.8) is 0 Å². The summed E-state index contributed by atoms with van der Waals surface area (Å²) >= 11 is 0. The average Bonchev–Trinajstić information content (AvgIpc) is 2.46. The number of carbonyl (C=O) groups is 2. The van der Waals surface area contributed by atoms with Gasteiger partial charge in [0.25, 0.3) is 0 Å².